The van der Waals surface area contributed by atoms with Gasteiger partial charge in [-0.1, -0.05) is 17.7 Å². The van der Waals surface area contributed by atoms with Crippen molar-refractivity contribution in [3.05, 3.63) is 71.3 Å². The maximum atomic E-state index is 13.2. The Hall–Kier alpha value is -3.08. The number of carbonyl (C=O) groups excluding carboxylic acids is 1. The summed E-state index contributed by atoms with van der Waals surface area (Å²) in [6, 6.07) is 12.9. The molecule has 0 saturated carbocycles. The maximum Gasteiger partial charge on any atom is 0.243 e. The number of amides is 1. The number of sulfonamides is 1. The standard InChI is InChI=1S/C25H30FN5O3S/c1-18-5-9-22(10-6-18)31-20(3)25(19(2)28-31)27-24(32)17-29-13-4-14-30(16-15-29)35(33,34)23-11-7-21(26)8-12-23/h5-12H,4,13-17H2,1-3H3,(H,27,32). The molecule has 1 fully saturated rings. The van der Waals surface area contributed by atoms with Gasteiger partial charge in [0, 0.05) is 19.6 Å². The Morgan fingerprint density at radius 1 is 0.971 bits per heavy atom. The number of aryl methyl sites for hydroxylation is 2. The van der Waals surface area contributed by atoms with Crippen LogP contribution < -0.4 is 5.32 Å². The van der Waals surface area contributed by atoms with Crippen molar-refractivity contribution in [2.75, 3.05) is 38.0 Å². The van der Waals surface area contributed by atoms with Crippen molar-refractivity contribution in [3.63, 3.8) is 0 Å². The van der Waals surface area contributed by atoms with Gasteiger partial charge in [0.15, 0.2) is 0 Å². The summed E-state index contributed by atoms with van der Waals surface area (Å²) in [5.74, 6) is -0.651. The Morgan fingerprint density at radius 2 is 1.66 bits per heavy atom. The minimum absolute atomic E-state index is 0.0710. The summed E-state index contributed by atoms with van der Waals surface area (Å²) in [5, 5.41) is 7.58. The predicted octanol–water partition coefficient (Wildman–Crippen LogP) is 3.27. The van der Waals surface area contributed by atoms with E-state index in [1.165, 1.54) is 16.4 Å². The van der Waals surface area contributed by atoms with Gasteiger partial charge in [0.25, 0.3) is 0 Å². The van der Waals surface area contributed by atoms with Crippen LogP contribution >= 0.6 is 0 Å². The SMILES string of the molecule is Cc1ccc(-n2nc(C)c(NC(=O)CN3CCCN(S(=O)(=O)c4ccc(F)cc4)CC3)c2C)cc1. The number of carbonyl (C=O) groups is 1. The van der Waals surface area contributed by atoms with Crippen LogP contribution in [0.1, 0.15) is 23.4 Å². The van der Waals surface area contributed by atoms with Gasteiger partial charge < -0.3 is 5.32 Å². The van der Waals surface area contributed by atoms with Crippen molar-refractivity contribution < 1.29 is 17.6 Å². The molecule has 8 nitrogen and oxygen atoms in total. The van der Waals surface area contributed by atoms with E-state index in [0.29, 0.717) is 31.7 Å². The fourth-order valence-electron chi connectivity index (χ4n) is 4.24. The lowest BCUT2D eigenvalue weighted by Gasteiger charge is -2.21. The lowest BCUT2D eigenvalue weighted by Crippen LogP contribution is -2.38. The van der Waals surface area contributed by atoms with E-state index in [-0.39, 0.29) is 23.9 Å². The zero-order chi connectivity index (χ0) is 25.2. The van der Waals surface area contributed by atoms with Gasteiger partial charge >= 0.3 is 0 Å². The number of halogens is 1. The predicted molar refractivity (Wildman–Crippen MR) is 133 cm³/mol. The van der Waals surface area contributed by atoms with Crippen molar-refractivity contribution in [3.8, 4) is 5.69 Å². The monoisotopic (exact) mass is 499 g/mol. The van der Waals surface area contributed by atoms with Crippen LogP contribution in [0.4, 0.5) is 10.1 Å². The zero-order valence-corrected chi connectivity index (χ0v) is 21.0. The number of nitrogens with one attached hydrogen (secondary N) is 1. The summed E-state index contributed by atoms with van der Waals surface area (Å²) < 4.78 is 42.3. The van der Waals surface area contributed by atoms with E-state index in [1.807, 2.05) is 54.6 Å². The highest BCUT2D eigenvalue weighted by Gasteiger charge is 2.27. The third-order valence-corrected chi connectivity index (χ3v) is 8.11. The molecule has 1 aromatic heterocycles. The van der Waals surface area contributed by atoms with Crippen LogP contribution in [0.25, 0.3) is 5.69 Å². The van der Waals surface area contributed by atoms with Gasteiger partial charge in [-0.2, -0.15) is 9.40 Å². The van der Waals surface area contributed by atoms with Gasteiger partial charge in [0.2, 0.25) is 15.9 Å². The summed E-state index contributed by atoms with van der Waals surface area (Å²) in [4.78, 5) is 14.9. The van der Waals surface area contributed by atoms with Crippen LogP contribution in [-0.4, -0.2) is 66.0 Å². The van der Waals surface area contributed by atoms with Crippen LogP contribution in [0.5, 0.6) is 0 Å². The molecule has 1 N–H and O–H groups in total. The Labute approximate surface area is 205 Å². The van der Waals surface area contributed by atoms with E-state index in [1.54, 1.807) is 0 Å². The van der Waals surface area contributed by atoms with Gasteiger partial charge in [-0.05, 0) is 70.1 Å². The Bertz CT molecular complexity index is 1300. The van der Waals surface area contributed by atoms with Crippen molar-refractivity contribution >= 4 is 21.6 Å². The largest absolute Gasteiger partial charge is 0.322 e. The minimum Gasteiger partial charge on any atom is -0.322 e. The first-order valence-corrected chi connectivity index (χ1v) is 13.0. The molecule has 0 unspecified atom stereocenters. The van der Waals surface area contributed by atoms with Crippen molar-refractivity contribution in [2.24, 2.45) is 0 Å². The summed E-state index contributed by atoms with van der Waals surface area (Å²) in [7, 11) is -3.71. The molecule has 1 aliphatic rings. The summed E-state index contributed by atoms with van der Waals surface area (Å²) in [5.41, 5.74) is 4.33. The number of hydrogen-bond donors (Lipinski definition) is 1. The van der Waals surface area contributed by atoms with Gasteiger partial charge in [0.05, 0.1) is 34.2 Å². The topological polar surface area (TPSA) is 87.5 Å². The average Bonchev–Trinajstić information content (AvgIpc) is 2.98. The van der Waals surface area contributed by atoms with E-state index in [2.05, 4.69) is 10.4 Å². The first-order chi connectivity index (χ1) is 16.6. The van der Waals surface area contributed by atoms with Crippen LogP contribution in [0.15, 0.2) is 53.4 Å². The highest BCUT2D eigenvalue weighted by molar-refractivity contribution is 7.89. The molecule has 2 aromatic carbocycles. The second-order valence-electron chi connectivity index (χ2n) is 8.83. The molecular formula is C25H30FN5O3S. The maximum absolute atomic E-state index is 13.2. The molecule has 1 amide bonds. The van der Waals surface area contributed by atoms with E-state index in [0.717, 1.165) is 34.8 Å². The number of anilines is 1. The van der Waals surface area contributed by atoms with Crippen LogP contribution in [0.2, 0.25) is 0 Å². The molecule has 3 aromatic rings. The van der Waals surface area contributed by atoms with Gasteiger partial charge in [-0.25, -0.2) is 17.5 Å². The smallest absolute Gasteiger partial charge is 0.243 e. The Kier molecular flexibility index (Phi) is 7.34. The normalized spacial score (nSPS) is 15.7. The van der Waals surface area contributed by atoms with E-state index in [9.17, 15) is 17.6 Å². The summed E-state index contributed by atoms with van der Waals surface area (Å²) in [6.07, 6.45) is 0.594. The molecule has 10 heteroatoms. The van der Waals surface area contributed by atoms with E-state index in [4.69, 9.17) is 0 Å². The molecule has 35 heavy (non-hydrogen) atoms. The Morgan fingerprint density at radius 3 is 2.34 bits per heavy atom. The second-order valence-corrected chi connectivity index (χ2v) is 10.8. The third kappa shape index (κ3) is 5.61. The first-order valence-electron chi connectivity index (χ1n) is 11.6. The number of benzene rings is 2. The summed E-state index contributed by atoms with van der Waals surface area (Å²) in [6.45, 7) is 7.58. The first kappa shape index (κ1) is 25.0. The minimum atomic E-state index is -3.71. The van der Waals surface area contributed by atoms with Crippen LogP contribution in [-0.2, 0) is 14.8 Å². The number of hydrogen-bond acceptors (Lipinski definition) is 5. The molecular weight excluding hydrogens is 469 g/mol. The highest BCUT2D eigenvalue weighted by atomic mass is 32.2. The van der Waals surface area contributed by atoms with Gasteiger partial charge in [-0.3, -0.25) is 9.69 Å². The van der Waals surface area contributed by atoms with Crippen molar-refractivity contribution in [1.82, 2.24) is 19.0 Å². The molecule has 0 radical (unpaired) electrons. The van der Waals surface area contributed by atoms with Crippen molar-refractivity contribution in [2.45, 2.75) is 32.1 Å². The second kappa shape index (κ2) is 10.3. The molecule has 0 bridgehead atoms. The lowest BCUT2D eigenvalue weighted by molar-refractivity contribution is -0.117. The fourth-order valence-corrected chi connectivity index (χ4v) is 5.71. The average molecular weight is 500 g/mol. The molecule has 186 valence electrons. The number of aromatic nitrogens is 2. The van der Waals surface area contributed by atoms with E-state index < -0.39 is 15.8 Å². The van der Waals surface area contributed by atoms with Gasteiger partial charge in [0.1, 0.15) is 5.82 Å². The third-order valence-electron chi connectivity index (χ3n) is 6.20. The molecule has 1 aliphatic heterocycles. The summed E-state index contributed by atoms with van der Waals surface area (Å²) >= 11 is 0. The fraction of sp³-hybridized carbons (Fsp3) is 0.360. The van der Waals surface area contributed by atoms with Crippen LogP contribution in [0, 0.1) is 26.6 Å². The molecule has 1 saturated heterocycles. The molecule has 2 heterocycles. The quantitative estimate of drug-likeness (QED) is 0.563. The number of nitrogens with zero attached hydrogens (tertiary/aromatic N) is 4. The van der Waals surface area contributed by atoms with Crippen LogP contribution in [0.3, 0.4) is 0 Å². The molecule has 4 rings (SSSR count). The van der Waals surface area contributed by atoms with Gasteiger partial charge in [-0.15, -0.1) is 0 Å². The lowest BCUT2D eigenvalue weighted by atomic mass is 10.2. The molecule has 0 spiro atoms. The molecule has 0 atom stereocenters. The van der Waals surface area contributed by atoms with E-state index >= 15 is 0 Å². The van der Waals surface area contributed by atoms with Crippen molar-refractivity contribution in [1.29, 1.82) is 0 Å². The zero-order valence-electron chi connectivity index (χ0n) is 20.2. The molecule has 0 aliphatic carbocycles. The Balaban J connectivity index is 1.39. The highest BCUT2D eigenvalue weighted by Crippen LogP contribution is 2.23. The number of rotatable bonds is 6.